The average Bonchev–Trinajstić information content (AvgIpc) is 2.69. The highest BCUT2D eigenvalue weighted by molar-refractivity contribution is 5.80. The predicted octanol–water partition coefficient (Wildman–Crippen LogP) is 1.31. The first kappa shape index (κ1) is 8.84. The van der Waals surface area contributed by atoms with Crippen LogP contribution in [0.25, 0.3) is 22.3 Å². The lowest BCUT2D eigenvalue weighted by molar-refractivity contribution is 1.17. The minimum atomic E-state index is -0.199. The molecule has 0 bridgehead atoms. The topological polar surface area (TPSA) is 74.4 Å². The molecule has 2 heterocycles. The highest BCUT2D eigenvalue weighted by Gasteiger charge is 2.02. The van der Waals surface area contributed by atoms with Gasteiger partial charge < -0.3 is 9.97 Å². The van der Waals surface area contributed by atoms with Crippen molar-refractivity contribution in [1.29, 1.82) is 0 Å². The molecule has 1 aromatic carbocycles. The second-order valence-corrected chi connectivity index (χ2v) is 3.43. The van der Waals surface area contributed by atoms with E-state index in [0.29, 0.717) is 0 Å². The molecule has 2 N–H and O–H groups in total. The quantitative estimate of drug-likeness (QED) is 0.638. The molecular formula is C11H8N4O. The standard InChI is InChI=1S/C11H8N4O/c16-11-14-9-2-1-7(5-10(9)15-11)8-3-4-12-6-13-8/h1-6H,(H2,14,15,16). The van der Waals surface area contributed by atoms with Crippen LogP contribution < -0.4 is 5.69 Å². The number of nitrogens with one attached hydrogen (secondary N) is 2. The van der Waals surface area contributed by atoms with Crippen molar-refractivity contribution in [2.45, 2.75) is 0 Å². The summed E-state index contributed by atoms with van der Waals surface area (Å²) < 4.78 is 0. The Morgan fingerprint density at radius 1 is 1.06 bits per heavy atom. The fourth-order valence-electron chi connectivity index (χ4n) is 1.65. The lowest BCUT2D eigenvalue weighted by Gasteiger charge is -1.99. The van der Waals surface area contributed by atoms with Crippen molar-refractivity contribution >= 4 is 11.0 Å². The molecule has 0 aliphatic rings. The zero-order valence-electron chi connectivity index (χ0n) is 8.27. The summed E-state index contributed by atoms with van der Waals surface area (Å²) in [6.07, 6.45) is 3.19. The molecule has 0 atom stereocenters. The lowest BCUT2D eigenvalue weighted by atomic mass is 10.1. The number of hydrogen-bond donors (Lipinski definition) is 2. The minimum Gasteiger partial charge on any atom is -0.306 e. The van der Waals surface area contributed by atoms with Crippen molar-refractivity contribution in [3.05, 3.63) is 47.3 Å². The van der Waals surface area contributed by atoms with E-state index in [1.54, 1.807) is 6.20 Å². The normalized spacial score (nSPS) is 10.8. The Balaban J connectivity index is 2.22. The molecule has 0 aliphatic heterocycles. The maximum absolute atomic E-state index is 11.1. The fourth-order valence-corrected chi connectivity index (χ4v) is 1.65. The predicted molar refractivity (Wildman–Crippen MR) is 59.9 cm³/mol. The van der Waals surface area contributed by atoms with Crippen molar-refractivity contribution in [3.63, 3.8) is 0 Å². The molecular weight excluding hydrogens is 204 g/mol. The lowest BCUT2D eigenvalue weighted by Crippen LogP contribution is -1.99. The van der Waals surface area contributed by atoms with Crippen LogP contribution in [0.4, 0.5) is 0 Å². The summed E-state index contributed by atoms with van der Waals surface area (Å²) in [4.78, 5) is 24.5. The van der Waals surface area contributed by atoms with Crippen LogP contribution in [0.15, 0.2) is 41.6 Å². The van der Waals surface area contributed by atoms with E-state index in [9.17, 15) is 4.79 Å². The number of imidazole rings is 1. The maximum atomic E-state index is 11.1. The van der Waals surface area contributed by atoms with Gasteiger partial charge in [0.1, 0.15) is 6.33 Å². The summed E-state index contributed by atoms with van der Waals surface area (Å²) in [5.74, 6) is 0. The van der Waals surface area contributed by atoms with Gasteiger partial charge in [0.25, 0.3) is 0 Å². The third-order valence-corrected chi connectivity index (χ3v) is 2.39. The summed E-state index contributed by atoms with van der Waals surface area (Å²) in [5.41, 5.74) is 3.16. The molecule has 5 heteroatoms. The average molecular weight is 212 g/mol. The van der Waals surface area contributed by atoms with Crippen molar-refractivity contribution in [1.82, 2.24) is 19.9 Å². The zero-order valence-corrected chi connectivity index (χ0v) is 8.27. The molecule has 16 heavy (non-hydrogen) atoms. The largest absolute Gasteiger partial charge is 0.323 e. The number of rotatable bonds is 1. The van der Waals surface area contributed by atoms with Crippen molar-refractivity contribution in [3.8, 4) is 11.3 Å². The summed E-state index contributed by atoms with van der Waals surface area (Å²) in [6, 6.07) is 7.47. The van der Waals surface area contributed by atoms with Crippen LogP contribution in [0.1, 0.15) is 0 Å². The van der Waals surface area contributed by atoms with Gasteiger partial charge >= 0.3 is 5.69 Å². The number of aromatic amines is 2. The fraction of sp³-hybridized carbons (Fsp3) is 0. The van der Waals surface area contributed by atoms with E-state index < -0.39 is 0 Å². The molecule has 3 aromatic rings. The van der Waals surface area contributed by atoms with Crippen LogP contribution >= 0.6 is 0 Å². The summed E-state index contributed by atoms with van der Waals surface area (Å²) in [5, 5.41) is 0. The molecule has 3 rings (SSSR count). The van der Waals surface area contributed by atoms with Gasteiger partial charge in [0, 0.05) is 11.8 Å². The second-order valence-electron chi connectivity index (χ2n) is 3.43. The molecule has 5 nitrogen and oxygen atoms in total. The molecule has 78 valence electrons. The van der Waals surface area contributed by atoms with Gasteiger partial charge in [0.05, 0.1) is 16.7 Å². The van der Waals surface area contributed by atoms with Crippen LogP contribution in [0.5, 0.6) is 0 Å². The molecule has 0 saturated heterocycles. The molecule has 0 unspecified atom stereocenters. The van der Waals surface area contributed by atoms with Gasteiger partial charge in [0.2, 0.25) is 0 Å². The van der Waals surface area contributed by atoms with Crippen LogP contribution in [0.2, 0.25) is 0 Å². The summed E-state index contributed by atoms with van der Waals surface area (Å²) in [7, 11) is 0. The van der Waals surface area contributed by atoms with Gasteiger partial charge in [-0.15, -0.1) is 0 Å². The molecule has 0 spiro atoms. The molecule has 0 saturated carbocycles. The maximum Gasteiger partial charge on any atom is 0.323 e. The van der Waals surface area contributed by atoms with Crippen LogP contribution in [-0.4, -0.2) is 19.9 Å². The third kappa shape index (κ3) is 1.38. The van der Waals surface area contributed by atoms with E-state index in [-0.39, 0.29) is 5.69 Å². The monoisotopic (exact) mass is 212 g/mol. The van der Waals surface area contributed by atoms with Gasteiger partial charge in [-0.05, 0) is 18.2 Å². The SMILES string of the molecule is O=c1[nH]c2ccc(-c3ccncn3)cc2[nH]1. The highest BCUT2D eigenvalue weighted by atomic mass is 16.1. The number of nitrogens with zero attached hydrogens (tertiary/aromatic N) is 2. The van der Waals surface area contributed by atoms with Gasteiger partial charge in [-0.3, -0.25) is 0 Å². The van der Waals surface area contributed by atoms with Gasteiger partial charge in [-0.25, -0.2) is 14.8 Å². The number of H-pyrrole nitrogens is 2. The van der Waals surface area contributed by atoms with E-state index in [0.717, 1.165) is 22.3 Å². The van der Waals surface area contributed by atoms with Crippen molar-refractivity contribution in [2.24, 2.45) is 0 Å². The smallest absolute Gasteiger partial charge is 0.306 e. The van der Waals surface area contributed by atoms with E-state index in [1.165, 1.54) is 6.33 Å². The molecule has 0 aliphatic carbocycles. The molecule has 0 fully saturated rings. The number of fused-ring (bicyclic) bond motifs is 1. The Morgan fingerprint density at radius 2 is 1.94 bits per heavy atom. The van der Waals surface area contributed by atoms with Crippen LogP contribution in [-0.2, 0) is 0 Å². The van der Waals surface area contributed by atoms with Crippen LogP contribution in [0.3, 0.4) is 0 Å². The summed E-state index contributed by atoms with van der Waals surface area (Å²) >= 11 is 0. The van der Waals surface area contributed by atoms with E-state index in [4.69, 9.17) is 0 Å². The van der Waals surface area contributed by atoms with E-state index >= 15 is 0 Å². The first-order valence-corrected chi connectivity index (χ1v) is 4.81. The molecule has 2 aromatic heterocycles. The first-order valence-electron chi connectivity index (χ1n) is 4.81. The number of hydrogen-bond acceptors (Lipinski definition) is 3. The van der Waals surface area contributed by atoms with Gasteiger partial charge in [-0.2, -0.15) is 0 Å². The van der Waals surface area contributed by atoms with Crippen molar-refractivity contribution in [2.75, 3.05) is 0 Å². The second kappa shape index (κ2) is 3.30. The van der Waals surface area contributed by atoms with E-state index in [2.05, 4.69) is 19.9 Å². The van der Waals surface area contributed by atoms with Crippen molar-refractivity contribution < 1.29 is 0 Å². The Hall–Kier alpha value is -2.43. The number of benzene rings is 1. The van der Waals surface area contributed by atoms with Gasteiger partial charge in [-0.1, -0.05) is 6.07 Å². The summed E-state index contributed by atoms with van der Waals surface area (Å²) in [6.45, 7) is 0. The third-order valence-electron chi connectivity index (χ3n) is 2.39. The highest BCUT2D eigenvalue weighted by Crippen LogP contribution is 2.19. The Labute approximate surface area is 90.2 Å². The number of aromatic nitrogens is 4. The molecule has 0 amide bonds. The zero-order chi connectivity index (χ0) is 11.0. The van der Waals surface area contributed by atoms with Crippen LogP contribution in [0, 0.1) is 0 Å². The Bertz CT molecular complexity index is 684. The van der Waals surface area contributed by atoms with Gasteiger partial charge in [0.15, 0.2) is 0 Å². The Morgan fingerprint density at radius 3 is 2.75 bits per heavy atom. The van der Waals surface area contributed by atoms with E-state index in [1.807, 2.05) is 24.3 Å². The molecule has 0 radical (unpaired) electrons. The minimum absolute atomic E-state index is 0.199. The Kier molecular flexibility index (Phi) is 1.83. The first-order chi connectivity index (χ1) is 7.83.